The summed E-state index contributed by atoms with van der Waals surface area (Å²) in [6, 6.07) is 11.1. The van der Waals surface area contributed by atoms with Gasteiger partial charge in [0.15, 0.2) is 0 Å². The van der Waals surface area contributed by atoms with Gasteiger partial charge in [0.25, 0.3) is 0 Å². The number of fused-ring (bicyclic) bond motifs is 2. The van der Waals surface area contributed by atoms with Gasteiger partial charge in [-0.25, -0.2) is 0 Å². The van der Waals surface area contributed by atoms with Crippen molar-refractivity contribution >= 4 is 0 Å². The Morgan fingerprint density at radius 2 is 2.09 bits per heavy atom. The van der Waals surface area contributed by atoms with E-state index >= 15 is 0 Å². The molecule has 1 aliphatic heterocycles. The molecular formula is C20H23NO. The van der Waals surface area contributed by atoms with E-state index in [2.05, 4.69) is 36.9 Å². The molecule has 22 heavy (non-hydrogen) atoms. The lowest BCUT2D eigenvalue weighted by atomic mass is 9.76. The Morgan fingerprint density at radius 3 is 2.91 bits per heavy atom. The number of aromatic hydroxyl groups is 1. The van der Waals surface area contributed by atoms with Gasteiger partial charge in [0.2, 0.25) is 0 Å². The topological polar surface area (TPSA) is 23.5 Å². The molecule has 0 saturated carbocycles. The molecule has 4 rings (SSSR count). The Bertz CT molecular complexity index is 735. The van der Waals surface area contributed by atoms with Gasteiger partial charge in [0.1, 0.15) is 5.75 Å². The molecule has 2 nitrogen and oxygen atoms in total. The van der Waals surface area contributed by atoms with Crippen LogP contribution in [0, 0.1) is 6.92 Å². The number of benzene rings is 2. The molecule has 0 saturated heterocycles. The lowest BCUT2D eigenvalue weighted by molar-refractivity contribution is 0.183. The Balaban J connectivity index is 1.96. The van der Waals surface area contributed by atoms with Crippen LogP contribution in [0.1, 0.15) is 41.6 Å². The first-order chi connectivity index (χ1) is 10.7. The highest BCUT2D eigenvalue weighted by Crippen LogP contribution is 2.48. The minimum absolute atomic E-state index is 0.427. The summed E-state index contributed by atoms with van der Waals surface area (Å²) in [6.07, 6.45) is 3.34. The van der Waals surface area contributed by atoms with Crippen molar-refractivity contribution in [2.45, 2.75) is 39.2 Å². The molecule has 0 aromatic heterocycles. The largest absolute Gasteiger partial charge is 0.507 e. The average Bonchev–Trinajstić information content (AvgIpc) is 2.49. The molecule has 1 heterocycles. The van der Waals surface area contributed by atoms with E-state index in [1.165, 1.54) is 34.2 Å². The lowest BCUT2D eigenvalue weighted by Crippen LogP contribution is -2.38. The van der Waals surface area contributed by atoms with Crippen molar-refractivity contribution in [2.75, 3.05) is 13.1 Å². The van der Waals surface area contributed by atoms with Crippen LogP contribution in [0.4, 0.5) is 0 Å². The number of aryl methyl sites for hydroxylation is 1. The highest BCUT2D eigenvalue weighted by atomic mass is 16.3. The molecule has 1 N–H and O–H groups in total. The molecule has 0 amide bonds. The maximum Gasteiger partial charge on any atom is 0.123 e. The third-order valence-electron chi connectivity index (χ3n) is 5.17. The number of rotatable bonds is 2. The number of hydrogen-bond donors (Lipinski definition) is 1. The van der Waals surface area contributed by atoms with Crippen molar-refractivity contribution in [3.63, 3.8) is 0 Å². The van der Waals surface area contributed by atoms with Crippen LogP contribution < -0.4 is 0 Å². The molecule has 0 bridgehead atoms. The number of phenols is 1. The van der Waals surface area contributed by atoms with Gasteiger partial charge in [-0.15, -0.1) is 0 Å². The Kier molecular flexibility index (Phi) is 3.23. The van der Waals surface area contributed by atoms with E-state index in [0.29, 0.717) is 11.8 Å². The summed E-state index contributed by atoms with van der Waals surface area (Å²) < 4.78 is 0. The fourth-order valence-corrected chi connectivity index (χ4v) is 4.34. The van der Waals surface area contributed by atoms with Crippen molar-refractivity contribution in [3.8, 4) is 16.9 Å². The van der Waals surface area contributed by atoms with Crippen molar-refractivity contribution in [2.24, 2.45) is 0 Å². The molecule has 0 fully saturated rings. The lowest BCUT2D eigenvalue weighted by Gasteiger charge is -2.42. The van der Waals surface area contributed by atoms with Crippen LogP contribution >= 0.6 is 0 Å². The second-order valence-electron chi connectivity index (χ2n) is 6.70. The zero-order valence-corrected chi connectivity index (χ0v) is 13.4. The monoisotopic (exact) mass is 293 g/mol. The first-order valence-electron chi connectivity index (χ1n) is 8.37. The molecule has 114 valence electrons. The first kappa shape index (κ1) is 13.8. The van der Waals surface area contributed by atoms with E-state index in [0.717, 1.165) is 31.5 Å². The first-order valence-corrected chi connectivity index (χ1v) is 8.37. The molecule has 1 aliphatic carbocycles. The summed E-state index contributed by atoms with van der Waals surface area (Å²) in [5.74, 6) is 0.427. The SMILES string of the molecule is CCCN1CCc2cc(C)cc3c2[C@H]1Cc1cccc(O)c1-3. The molecule has 1 atom stereocenters. The van der Waals surface area contributed by atoms with Crippen LogP contribution in [0.2, 0.25) is 0 Å². The van der Waals surface area contributed by atoms with Gasteiger partial charge in [-0.1, -0.05) is 36.8 Å². The molecule has 2 aromatic rings. The van der Waals surface area contributed by atoms with Crippen LogP contribution in [-0.4, -0.2) is 23.1 Å². The third-order valence-corrected chi connectivity index (χ3v) is 5.17. The summed E-state index contributed by atoms with van der Waals surface area (Å²) in [7, 11) is 0. The Hall–Kier alpha value is -1.80. The number of nitrogens with zero attached hydrogens (tertiary/aromatic N) is 1. The van der Waals surface area contributed by atoms with E-state index in [-0.39, 0.29) is 0 Å². The summed E-state index contributed by atoms with van der Waals surface area (Å²) in [5.41, 5.74) is 7.88. The highest BCUT2D eigenvalue weighted by Gasteiger charge is 2.34. The van der Waals surface area contributed by atoms with Crippen molar-refractivity contribution in [1.29, 1.82) is 0 Å². The highest BCUT2D eigenvalue weighted by molar-refractivity contribution is 5.80. The van der Waals surface area contributed by atoms with Crippen LogP contribution in [-0.2, 0) is 12.8 Å². The summed E-state index contributed by atoms with van der Waals surface area (Å²) in [5, 5.41) is 10.4. The summed E-state index contributed by atoms with van der Waals surface area (Å²) in [6.45, 7) is 6.74. The van der Waals surface area contributed by atoms with Gasteiger partial charge in [-0.05, 0) is 61.1 Å². The van der Waals surface area contributed by atoms with Crippen LogP contribution in [0.15, 0.2) is 30.3 Å². The molecule has 2 heteroatoms. The molecule has 0 unspecified atom stereocenters. The zero-order valence-electron chi connectivity index (χ0n) is 13.4. The molecule has 0 radical (unpaired) electrons. The summed E-state index contributed by atoms with van der Waals surface area (Å²) >= 11 is 0. The van der Waals surface area contributed by atoms with E-state index in [1.807, 2.05) is 12.1 Å². The molecular weight excluding hydrogens is 270 g/mol. The van der Waals surface area contributed by atoms with Crippen molar-refractivity contribution in [3.05, 3.63) is 52.6 Å². The fourth-order valence-electron chi connectivity index (χ4n) is 4.34. The Morgan fingerprint density at radius 1 is 1.23 bits per heavy atom. The molecule has 0 spiro atoms. The fraction of sp³-hybridized carbons (Fsp3) is 0.400. The van der Waals surface area contributed by atoms with Crippen LogP contribution in [0.3, 0.4) is 0 Å². The summed E-state index contributed by atoms with van der Waals surface area (Å²) in [4.78, 5) is 2.63. The number of phenolic OH excluding ortho intramolecular Hbond substituents is 1. The van der Waals surface area contributed by atoms with E-state index in [1.54, 1.807) is 0 Å². The van der Waals surface area contributed by atoms with Crippen molar-refractivity contribution < 1.29 is 5.11 Å². The average molecular weight is 293 g/mol. The van der Waals surface area contributed by atoms with Gasteiger partial charge in [0, 0.05) is 18.2 Å². The van der Waals surface area contributed by atoms with E-state index in [9.17, 15) is 5.11 Å². The minimum Gasteiger partial charge on any atom is -0.507 e. The van der Waals surface area contributed by atoms with Gasteiger partial charge < -0.3 is 5.11 Å². The second-order valence-corrected chi connectivity index (χ2v) is 6.70. The van der Waals surface area contributed by atoms with E-state index < -0.39 is 0 Å². The quantitative estimate of drug-likeness (QED) is 0.895. The predicted molar refractivity (Wildman–Crippen MR) is 90.3 cm³/mol. The third kappa shape index (κ3) is 1.98. The Labute approximate surface area is 132 Å². The normalized spacial score (nSPS) is 19.6. The van der Waals surface area contributed by atoms with Gasteiger partial charge in [-0.2, -0.15) is 0 Å². The van der Waals surface area contributed by atoms with E-state index in [4.69, 9.17) is 0 Å². The molecule has 2 aliphatic rings. The maximum atomic E-state index is 10.4. The number of hydrogen-bond acceptors (Lipinski definition) is 2. The van der Waals surface area contributed by atoms with Crippen LogP contribution in [0.5, 0.6) is 5.75 Å². The van der Waals surface area contributed by atoms with Crippen molar-refractivity contribution in [1.82, 2.24) is 4.90 Å². The van der Waals surface area contributed by atoms with Crippen LogP contribution in [0.25, 0.3) is 11.1 Å². The second kappa shape index (κ2) is 5.13. The van der Waals surface area contributed by atoms with Gasteiger partial charge in [-0.3, -0.25) is 4.90 Å². The smallest absolute Gasteiger partial charge is 0.123 e. The minimum atomic E-state index is 0.427. The molecule has 2 aromatic carbocycles. The van der Waals surface area contributed by atoms with Gasteiger partial charge in [0.05, 0.1) is 0 Å². The standard InChI is InChI=1S/C20H23NO/c1-3-8-21-9-7-15-10-13(2)11-16-19(15)17(21)12-14-5-4-6-18(22)20(14)16/h4-6,10-11,17,22H,3,7-9,12H2,1-2H3/t17-/m1/s1. The maximum absolute atomic E-state index is 10.4. The van der Waals surface area contributed by atoms with Gasteiger partial charge >= 0.3 is 0 Å². The predicted octanol–water partition coefficient (Wildman–Crippen LogP) is 4.23. The zero-order chi connectivity index (χ0) is 15.3.